The van der Waals surface area contributed by atoms with E-state index in [1.807, 2.05) is 12.1 Å². The number of nitro benzene ring substituents is 1. The molecule has 1 heterocycles. The quantitative estimate of drug-likeness (QED) is 0.638. The van der Waals surface area contributed by atoms with Crippen LogP contribution in [0.1, 0.15) is 39.9 Å². The summed E-state index contributed by atoms with van der Waals surface area (Å²) in [6.45, 7) is 5.32. The Bertz CT molecular complexity index is 814. The molecule has 1 saturated heterocycles. The molecular formula is C20H23N3O3. The first-order chi connectivity index (χ1) is 12.5. The first-order valence-corrected chi connectivity index (χ1v) is 8.86. The van der Waals surface area contributed by atoms with Gasteiger partial charge in [-0.25, -0.2) is 0 Å². The Morgan fingerprint density at radius 3 is 2.58 bits per heavy atom. The lowest BCUT2D eigenvalue weighted by Gasteiger charge is -2.15. The van der Waals surface area contributed by atoms with Crippen LogP contribution >= 0.6 is 0 Å². The number of nitrogens with one attached hydrogen (secondary N) is 1. The normalized spacial score (nSPS) is 14.3. The van der Waals surface area contributed by atoms with Crippen LogP contribution in [0, 0.1) is 17.0 Å². The summed E-state index contributed by atoms with van der Waals surface area (Å²) in [6, 6.07) is 12.7. The molecule has 1 fully saturated rings. The van der Waals surface area contributed by atoms with Crippen molar-refractivity contribution >= 4 is 11.6 Å². The molecule has 0 atom stereocenters. The van der Waals surface area contributed by atoms with E-state index in [4.69, 9.17) is 0 Å². The van der Waals surface area contributed by atoms with Crippen molar-refractivity contribution in [2.45, 2.75) is 32.9 Å². The van der Waals surface area contributed by atoms with Crippen molar-refractivity contribution in [3.05, 3.63) is 74.8 Å². The van der Waals surface area contributed by atoms with Gasteiger partial charge in [0.2, 0.25) is 0 Å². The summed E-state index contributed by atoms with van der Waals surface area (Å²) in [7, 11) is 0. The van der Waals surface area contributed by atoms with Crippen molar-refractivity contribution in [1.29, 1.82) is 0 Å². The van der Waals surface area contributed by atoms with Crippen LogP contribution < -0.4 is 5.32 Å². The van der Waals surface area contributed by atoms with Gasteiger partial charge in [-0.3, -0.25) is 19.8 Å². The van der Waals surface area contributed by atoms with E-state index in [0.717, 1.165) is 25.2 Å². The first-order valence-electron chi connectivity index (χ1n) is 8.86. The molecule has 6 nitrogen and oxygen atoms in total. The van der Waals surface area contributed by atoms with Crippen LogP contribution in [0.5, 0.6) is 0 Å². The Morgan fingerprint density at radius 2 is 1.88 bits per heavy atom. The zero-order valence-electron chi connectivity index (χ0n) is 14.9. The third-order valence-corrected chi connectivity index (χ3v) is 4.71. The SMILES string of the molecule is Cc1cc(C(=O)NCc2cccc(CN3CCCC3)c2)ccc1[N+](=O)[O-]. The van der Waals surface area contributed by atoms with Gasteiger partial charge in [-0.1, -0.05) is 24.3 Å². The second-order valence-corrected chi connectivity index (χ2v) is 6.74. The zero-order chi connectivity index (χ0) is 18.5. The fourth-order valence-electron chi connectivity index (χ4n) is 3.32. The molecule has 1 aliphatic heterocycles. The molecule has 1 N–H and O–H groups in total. The van der Waals surface area contributed by atoms with E-state index < -0.39 is 4.92 Å². The molecule has 0 bridgehead atoms. The summed E-state index contributed by atoms with van der Waals surface area (Å²) in [4.78, 5) is 25.2. The van der Waals surface area contributed by atoms with Gasteiger partial charge in [0.25, 0.3) is 11.6 Å². The fourth-order valence-corrected chi connectivity index (χ4v) is 3.32. The molecule has 1 amide bonds. The molecule has 3 rings (SSSR count). The van der Waals surface area contributed by atoms with E-state index in [-0.39, 0.29) is 11.6 Å². The van der Waals surface area contributed by atoms with Gasteiger partial charge in [-0.05, 0) is 56.1 Å². The summed E-state index contributed by atoms with van der Waals surface area (Å²) in [5, 5.41) is 13.8. The van der Waals surface area contributed by atoms with Gasteiger partial charge in [0.05, 0.1) is 4.92 Å². The average molecular weight is 353 g/mol. The van der Waals surface area contributed by atoms with E-state index in [1.54, 1.807) is 13.0 Å². The van der Waals surface area contributed by atoms with Crippen LogP contribution in [0.3, 0.4) is 0 Å². The Hall–Kier alpha value is -2.73. The number of benzene rings is 2. The van der Waals surface area contributed by atoms with Crippen molar-refractivity contribution < 1.29 is 9.72 Å². The fraction of sp³-hybridized carbons (Fsp3) is 0.350. The summed E-state index contributed by atoms with van der Waals surface area (Å²) in [5.74, 6) is -0.229. The lowest BCUT2D eigenvalue weighted by atomic mass is 10.1. The van der Waals surface area contributed by atoms with Crippen molar-refractivity contribution in [2.75, 3.05) is 13.1 Å². The maximum atomic E-state index is 12.3. The second-order valence-electron chi connectivity index (χ2n) is 6.74. The van der Waals surface area contributed by atoms with Gasteiger partial charge >= 0.3 is 0 Å². The Kier molecular flexibility index (Phi) is 5.63. The van der Waals surface area contributed by atoms with E-state index in [1.165, 1.54) is 30.5 Å². The van der Waals surface area contributed by atoms with Gasteiger partial charge < -0.3 is 5.32 Å². The highest BCUT2D eigenvalue weighted by atomic mass is 16.6. The minimum absolute atomic E-state index is 0.0242. The number of nitrogens with zero attached hydrogens (tertiary/aromatic N) is 2. The van der Waals surface area contributed by atoms with Crippen molar-refractivity contribution in [1.82, 2.24) is 10.2 Å². The van der Waals surface area contributed by atoms with Crippen molar-refractivity contribution in [2.24, 2.45) is 0 Å². The highest BCUT2D eigenvalue weighted by Gasteiger charge is 2.14. The minimum Gasteiger partial charge on any atom is -0.348 e. The van der Waals surface area contributed by atoms with E-state index in [9.17, 15) is 14.9 Å². The molecular weight excluding hydrogens is 330 g/mol. The summed E-state index contributed by atoms with van der Waals surface area (Å²) < 4.78 is 0. The number of likely N-dealkylation sites (tertiary alicyclic amines) is 1. The molecule has 2 aromatic rings. The third kappa shape index (κ3) is 4.46. The predicted molar refractivity (Wildman–Crippen MR) is 100.0 cm³/mol. The van der Waals surface area contributed by atoms with Crippen LogP contribution in [0.15, 0.2) is 42.5 Å². The van der Waals surface area contributed by atoms with Crippen LogP contribution in [0.4, 0.5) is 5.69 Å². The maximum Gasteiger partial charge on any atom is 0.272 e. The average Bonchev–Trinajstić information content (AvgIpc) is 3.12. The molecule has 6 heteroatoms. The second kappa shape index (κ2) is 8.10. The molecule has 1 aliphatic rings. The number of hydrogen-bond donors (Lipinski definition) is 1. The van der Waals surface area contributed by atoms with Gasteiger partial charge in [0.15, 0.2) is 0 Å². The van der Waals surface area contributed by atoms with E-state index in [2.05, 4.69) is 22.3 Å². The van der Waals surface area contributed by atoms with Crippen LogP contribution in [0.2, 0.25) is 0 Å². The highest BCUT2D eigenvalue weighted by molar-refractivity contribution is 5.94. The van der Waals surface area contributed by atoms with Crippen LogP contribution in [-0.4, -0.2) is 28.8 Å². The summed E-state index contributed by atoms with van der Waals surface area (Å²) >= 11 is 0. The molecule has 0 saturated carbocycles. The van der Waals surface area contributed by atoms with Crippen LogP contribution in [0.25, 0.3) is 0 Å². The van der Waals surface area contributed by atoms with Crippen molar-refractivity contribution in [3.8, 4) is 0 Å². The van der Waals surface area contributed by atoms with E-state index >= 15 is 0 Å². The molecule has 136 valence electrons. The number of carbonyl (C=O) groups is 1. The monoisotopic (exact) mass is 353 g/mol. The number of hydrogen-bond acceptors (Lipinski definition) is 4. The molecule has 0 aliphatic carbocycles. The lowest BCUT2D eigenvalue weighted by Crippen LogP contribution is -2.23. The molecule has 0 aromatic heterocycles. The van der Waals surface area contributed by atoms with Gasteiger partial charge in [-0.2, -0.15) is 0 Å². The first kappa shape index (κ1) is 18.1. The Balaban J connectivity index is 1.60. The molecule has 0 radical (unpaired) electrons. The summed E-state index contributed by atoms with van der Waals surface area (Å²) in [6.07, 6.45) is 2.54. The van der Waals surface area contributed by atoms with Gasteiger partial charge in [0, 0.05) is 30.3 Å². The largest absolute Gasteiger partial charge is 0.348 e. The predicted octanol–water partition coefficient (Wildman–Crippen LogP) is 3.43. The standard InChI is InChI=1S/C20H23N3O3/c1-15-11-18(7-8-19(15)23(25)26)20(24)21-13-16-5-4-6-17(12-16)14-22-9-2-3-10-22/h4-8,11-12H,2-3,9-10,13-14H2,1H3,(H,21,24). The van der Waals surface area contributed by atoms with Gasteiger partial charge in [-0.15, -0.1) is 0 Å². The third-order valence-electron chi connectivity index (χ3n) is 4.71. The molecule has 0 spiro atoms. The lowest BCUT2D eigenvalue weighted by molar-refractivity contribution is -0.385. The molecule has 26 heavy (non-hydrogen) atoms. The zero-order valence-corrected chi connectivity index (χ0v) is 14.9. The smallest absolute Gasteiger partial charge is 0.272 e. The van der Waals surface area contributed by atoms with Crippen LogP contribution in [-0.2, 0) is 13.1 Å². The topological polar surface area (TPSA) is 75.5 Å². The minimum atomic E-state index is -0.442. The number of amides is 1. The molecule has 2 aromatic carbocycles. The summed E-state index contributed by atoms with van der Waals surface area (Å²) in [5.41, 5.74) is 3.24. The van der Waals surface area contributed by atoms with E-state index in [0.29, 0.717) is 17.7 Å². The van der Waals surface area contributed by atoms with Gasteiger partial charge in [0.1, 0.15) is 0 Å². The Morgan fingerprint density at radius 1 is 1.15 bits per heavy atom. The number of carbonyl (C=O) groups excluding carboxylic acids is 1. The molecule has 0 unspecified atom stereocenters. The number of rotatable bonds is 6. The number of aryl methyl sites for hydroxylation is 1. The maximum absolute atomic E-state index is 12.3. The van der Waals surface area contributed by atoms with Crippen molar-refractivity contribution in [3.63, 3.8) is 0 Å². The number of nitro groups is 1. The highest BCUT2D eigenvalue weighted by Crippen LogP contribution is 2.19. The Labute approximate surface area is 153 Å².